The van der Waals surface area contributed by atoms with Crippen LogP contribution in [0.25, 0.3) is 0 Å². The van der Waals surface area contributed by atoms with E-state index in [0.717, 1.165) is 24.4 Å². The van der Waals surface area contributed by atoms with Crippen LogP contribution in [0, 0.1) is 0 Å². The van der Waals surface area contributed by atoms with E-state index in [2.05, 4.69) is 22.2 Å². The molecule has 4 nitrogen and oxygen atoms in total. The van der Waals surface area contributed by atoms with E-state index in [4.69, 9.17) is 4.74 Å². The molecule has 2 atom stereocenters. The van der Waals surface area contributed by atoms with Crippen molar-refractivity contribution in [2.45, 2.75) is 24.6 Å². The maximum Gasteiger partial charge on any atom is 0.237 e. The van der Waals surface area contributed by atoms with Crippen molar-refractivity contribution in [1.29, 1.82) is 0 Å². The monoisotopic (exact) mass is 299 g/mol. The first-order valence-corrected chi connectivity index (χ1v) is 8.84. The van der Waals surface area contributed by atoms with Gasteiger partial charge in [-0.25, -0.2) is 4.98 Å². The molecule has 2 rings (SSSR count). The predicted molar refractivity (Wildman–Crippen MR) is 83.2 cm³/mol. The summed E-state index contributed by atoms with van der Waals surface area (Å²) >= 11 is 4.05. The highest BCUT2D eigenvalue weighted by molar-refractivity contribution is 8.06. The summed E-state index contributed by atoms with van der Waals surface area (Å²) in [5.74, 6) is 4.26. The zero-order valence-electron chi connectivity index (χ0n) is 11.5. The molecule has 0 spiro atoms. The number of rotatable bonds is 6. The first kappa shape index (κ1) is 14.9. The Morgan fingerprint density at radius 3 is 2.95 bits per heavy atom. The van der Waals surface area contributed by atoms with Crippen LogP contribution in [0.1, 0.15) is 25.1 Å². The van der Waals surface area contributed by atoms with Crippen LogP contribution in [-0.4, -0.2) is 46.1 Å². The highest BCUT2D eigenvalue weighted by atomic mass is 32.2. The molecule has 0 aromatic carbocycles. The third-order valence-corrected chi connectivity index (χ3v) is 5.87. The van der Waals surface area contributed by atoms with Gasteiger partial charge in [0.15, 0.2) is 0 Å². The standard InChI is InChI=1S/C13H21N3OS2/c1-3-4-14-11(10-9-18-7-8-19-10)12-13(17-2)16-6-5-15-12/h5-6,10-11,14H,3-4,7-9H2,1-2H3. The fourth-order valence-corrected chi connectivity index (χ4v) is 4.95. The summed E-state index contributed by atoms with van der Waals surface area (Å²) in [6, 6.07) is 0.224. The molecule has 2 unspecified atom stereocenters. The molecule has 0 bridgehead atoms. The molecule has 0 amide bonds. The van der Waals surface area contributed by atoms with E-state index < -0.39 is 0 Å². The molecule has 1 N–H and O–H groups in total. The average molecular weight is 299 g/mol. The van der Waals surface area contributed by atoms with Gasteiger partial charge in [-0.1, -0.05) is 6.92 Å². The second-order valence-electron chi connectivity index (χ2n) is 4.37. The first-order valence-electron chi connectivity index (χ1n) is 6.64. The van der Waals surface area contributed by atoms with E-state index in [9.17, 15) is 0 Å². The van der Waals surface area contributed by atoms with Gasteiger partial charge >= 0.3 is 0 Å². The van der Waals surface area contributed by atoms with Crippen LogP contribution in [0.5, 0.6) is 5.88 Å². The fraction of sp³-hybridized carbons (Fsp3) is 0.692. The van der Waals surface area contributed by atoms with E-state index >= 15 is 0 Å². The number of ether oxygens (including phenoxy) is 1. The highest BCUT2D eigenvalue weighted by Gasteiger charge is 2.29. The summed E-state index contributed by atoms with van der Waals surface area (Å²) in [4.78, 5) is 8.79. The van der Waals surface area contributed by atoms with Crippen LogP contribution >= 0.6 is 23.5 Å². The maximum atomic E-state index is 5.37. The van der Waals surface area contributed by atoms with Gasteiger partial charge in [-0.15, -0.1) is 0 Å². The van der Waals surface area contributed by atoms with Crippen LogP contribution in [0.3, 0.4) is 0 Å². The number of hydrogen-bond donors (Lipinski definition) is 1. The predicted octanol–water partition coefficient (Wildman–Crippen LogP) is 2.37. The SMILES string of the molecule is CCCNC(c1nccnc1OC)C1CSCCS1. The zero-order chi connectivity index (χ0) is 13.5. The summed E-state index contributed by atoms with van der Waals surface area (Å²) in [5, 5.41) is 4.15. The average Bonchev–Trinajstić information content (AvgIpc) is 2.49. The molecular weight excluding hydrogens is 278 g/mol. The minimum absolute atomic E-state index is 0.224. The molecule has 0 radical (unpaired) electrons. The minimum atomic E-state index is 0.224. The van der Waals surface area contributed by atoms with E-state index in [1.165, 1.54) is 11.5 Å². The van der Waals surface area contributed by atoms with E-state index in [0.29, 0.717) is 11.1 Å². The fourth-order valence-electron chi connectivity index (χ4n) is 2.11. The van der Waals surface area contributed by atoms with Gasteiger partial charge in [0.05, 0.1) is 13.2 Å². The molecule has 1 aromatic rings. The summed E-state index contributed by atoms with van der Waals surface area (Å²) in [7, 11) is 1.66. The van der Waals surface area contributed by atoms with Gasteiger partial charge in [-0.3, -0.25) is 4.98 Å². The van der Waals surface area contributed by atoms with Gasteiger partial charge in [0, 0.05) is 34.9 Å². The quantitative estimate of drug-likeness (QED) is 0.870. The second-order valence-corrected chi connectivity index (χ2v) is 6.86. The Balaban J connectivity index is 2.19. The van der Waals surface area contributed by atoms with Crippen molar-refractivity contribution < 1.29 is 4.74 Å². The van der Waals surface area contributed by atoms with Gasteiger partial charge in [-0.2, -0.15) is 23.5 Å². The zero-order valence-corrected chi connectivity index (χ0v) is 13.1. The Morgan fingerprint density at radius 2 is 2.26 bits per heavy atom. The molecule has 1 aromatic heterocycles. The molecule has 1 saturated heterocycles. The number of thioether (sulfide) groups is 2. The normalized spacial score (nSPS) is 21.1. The number of aromatic nitrogens is 2. The maximum absolute atomic E-state index is 5.37. The van der Waals surface area contributed by atoms with Gasteiger partial charge in [0.2, 0.25) is 5.88 Å². The van der Waals surface area contributed by atoms with Gasteiger partial charge in [-0.05, 0) is 13.0 Å². The Kier molecular flexibility index (Phi) is 6.26. The van der Waals surface area contributed by atoms with E-state index in [1.54, 1.807) is 19.5 Å². The smallest absolute Gasteiger partial charge is 0.237 e. The van der Waals surface area contributed by atoms with Crippen LogP contribution in [0.2, 0.25) is 0 Å². The molecule has 0 aliphatic carbocycles. The lowest BCUT2D eigenvalue weighted by molar-refractivity contribution is 0.376. The van der Waals surface area contributed by atoms with Gasteiger partial charge in [0.1, 0.15) is 5.69 Å². The van der Waals surface area contributed by atoms with Crippen molar-refractivity contribution in [3.8, 4) is 5.88 Å². The third kappa shape index (κ3) is 4.00. The second kappa shape index (κ2) is 7.97. The lowest BCUT2D eigenvalue weighted by atomic mass is 10.1. The first-order chi connectivity index (χ1) is 9.36. The van der Waals surface area contributed by atoms with E-state index in [1.807, 2.05) is 23.5 Å². The Hall–Kier alpha value is -0.460. The number of nitrogens with one attached hydrogen (secondary N) is 1. The summed E-state index contributed by atoms with van der Waals surface area (Å²) in [6.07, 6.45) is 4.55. The van der Waals surface area contributed by atoms with Crippen molar-refractivity contribution >= 4 is 23.5 Å². The van der Waals surface area contributed by atoms with Gasteiger partial charge in [0.25, 0.3) is 0 Å². The molecule has 6 heteroatoms. The third-order valence-electron chi connectivity index (χ3n) is 3.01. The van der Waals surface area contributed by atoms with E-state index in [-0.39, 0.29) is 6.04 Å². The highest BCUT2D eigenvalue weighted by Crippen LogP contribution is 2.35. The van der Waals surface area contributed by atoms with Crippen LogP contribution in [0.4, 0.5) is 0 Å². The van der Waals surface area contributed by atoms with Crippen molar-refractivity contribution in [3.05, 3.63) is 18.1 Å². The molecule has 106 valence electrons. The molecule has 1 aliphatic rings. The molecule has 19 heavy (non-hydrogen) atoms. The van der Waals surface area contributed by atoms with Crippen molar-refractivity contribution in [1.82, 2.24) is 15.3 Å². The lowest BCUT2D eigenvalue weighted by Gasteiger charge is -2.30. The molecular formula is C13H21N3OS2. The Bertz CT molecular complexity index is 386. The summed E-state index contributed by atoms with van der Waals surface area (Å²) < 4.78 is 5.37. The largest absolute Gasteiger partial charge is 0.480 e. The van der Waals surface area contributed by atoms with Crippen molar-refractivity contribution in [2.24, 2.45) is 0 Å². The van der Waals surface area contributed by atoms with Crippen molar-refractivity contribution in [3.63, 3.8) is 0 Å². The van der Waals surface area contributed by atoms with Gasteiger partial charge < -0.3 is 10.1 Å². The molecule has 1 aliphatic heterocycles. The topological polar surface area (TPSA) is 47.0 Å². The van der Waals surface area contributed by atoms with Crippen LogP contribution in [-0.2, 0) is 0 Å². The lowest BCUT2D eigenvalue weighted by Crippen LogP contribution is -2.35. The van der Waals surface area contributed by atoms with Crippen LogP contribution < -0.4 is 10.1 Å². The number of methoxy groups -OCH3 is 1. The summed E-state index contributed by atoms with van der Waals surface area (Å²) in [6.45, 7) is 3.17. The molecule has 1 fully saturated rings. The number of hydrogen-bond acceptors (Lipinski definition) is 6. The van der Waals surface area contributed by atoms with Crippen LogP contribution in [0.15, 0.2) is 12.4 Å². The Labute approximate surface area is 123 Å². The van der Waals surface area contributed by atoms with Crippen molar-refractivity contribution in [2.75, 3.05) is 30.9 Å². The molecule has 2 heterocycles. The molecule has 0 saturated carbocycles. The Morgan fingerprint density at radius 1 is 1.42 bits per heavy atom. The summed E-state index contributed by atoms with van der Waals surface area (Å²) in [5.41, 5.74) is 0.943. The minimum Gasteiger partial charge on any atom is -0.480 e. The number of nitrogens with zero attached hydrogens (tertiary/aromatic N) is 2.